The first-order chi connectivity index (χ1) is 8.10. The number of hydrogen-bond donors (Lipinski definition) is 0. The summed E-state index contributed by atoms with van der Waals surface area (Å²) in [6.45, 7) is 6.33. The number of carbonyl (C=O) groups is 2. The second-order valence-electron chi connectivity index (χ2n) is 4.54. The number of ether oxygens (including phenoxy) is 1. The predicted octanol–water partition coefficient (Wildman–Crippen LogP) is 3.04. The zero-order valence-electron chi connectivity index (χ0n) is 11.0. The molecule has 1 aliphatic carbocycles. The van der Waals surface area contributed by atoms with E-state index in [-0.39, 0.29) is 11.9 Å². The lowest BCUT2D eigenvalue weighted by Gasteiger charge is -2.12. The summed E-state index contributed by atoms with van der Waals surface area (Å²) in [6.07, 6.45) is 3.58. The van der Waals surface area contributed by atoms with Gasteiger partial charge in [-0.1, -0.05) is 18.1 Å². The van der Waals surface area contributed by atoms with Crippen molar-refractivity contribution in [2.75, 3.05) is 6.61 Å². The third-order valence-corrected chi connectivity index (χ3v) is 3.42. The molecule has 0 radical (unpaired) electrons. The van der Waals surface area contributed by atoms with Crippen molar-refractivity contribution >= 4 is 11.8 Å². The van der Waals surface area contributed by atoms with Crippen molar-refractivity contribution in [3.63, 3.8) is 0 Å². The Labute approximate surface area is 103 Å². The fraction of sp³-hybridized carbons (Fsp3) is 0.714. The molecule has 1 atom stereocenters. The van der Waals surface area contributed by atoms with E-state index < -0.39 is 0 Å². The average Bonchev–Trinajstić information content (AvgIpc) is 2.67. The minimum atomic E-state index is -0.148. The number of ketones is 1. The second-order valence-corrected chi connectivity index (χ2v) is 4.54. The first-order valence-electron chi connectivity index (χ1n) is 6.47. The zero-order chi connectivity index (χ0) is 12.8. The van der Waals surface area contributed by atoms with E-state index in [0.717, 1.165) is 19.3 Å². The molecular formula is C14H22O3. The van der Waals surface area contributed by atoms with Crippen molar-refractivity contribution in [1.82, 2.24) is 0 Å². The largest absolute Gasteiger partial charge is 0.466 e. The monoisotopic (exact) mass is 238 g/mol. The zero-order valence-corrected chi connectivity index (χ0v) is 11.0. The molecule has 0 spiro atoms. The Morgan fingerprint density at radius 3 is 2.59 bits per heavy atom. The summed E-state index contributed by atoms with van der Waals surface area (Å²) in [6, 6.07) is 0. The van der Waals surface area contributed by atoms with Gasteiger partial charge in [0, 0.05) is 18.8 Å². The lowest BCUT2D eigenvalue weighted by molar-refractivity contribution is -0.143. The van der Waals surface area contributed by atoms with Gasteiger partial charge in [-0.25, -0.2) is 0 Å². The van der Waals surface area contributed by atoms with E-state index >= 15 is 0 Å². The van der Waals surface area contributed by atoms with E-state index in [9.17, 15) is 9.59 Å². The van der Waals surface area contributed by atoms with E-state index in [1.165, 1.54) is 11.1 Å². The van der Waals surface area contributed by atoms with Gasteiger partial charge in [0.1, 0.15) is 5.78 Å². The van der Waals surface area contributed by atoms with Crippen molar-refractivity contribution in [2.45, 2.75) is 52.9 Å². The summed E-state index contributed by atoms with van der Waals surface area (Å²) in [5.41, 5.74) is 2.47. The fourth-order valence-corrected chi connectivity index (χ4v) is 2.47. The minimum absolute atomic E-state index is 0.109. The molecule has 1 unspecified atom stereocenters. The van der Waals surface area contributed by atoms with Crippen LogP contribution in [0.1, 0.15) is 52.9 Å². The van der Waals surface area contributed by atoms with Gasteiger partial charge in [0.25, 0.3) is 0 Å². The summed E-state index contributed by atoms with van der Waals surface area (Å²) in [5.74, 6) is 0.319. The highest BCUT2D eigenvalue weighted by Gasteiger charge is 2.28. The van der Waals surface area contributed by atoms with Gasteiger partial charge in [0.05, 0.1) is 6.61 Å². The molecule has 0 aliphatic heterocycles. The molecular weight excluding hydrogens is 216 g/mol. The molecule has 0 amide bonds. The maximum atomic E-state index is 11.6. The van der Waals surface area contributed by atoms with Crippen molar-refractivity contribution in [3.05, 3.63) is 11.1 Å². The molecule has 1 rings (SSSR count). The summed E-state index contributed by atoms with van der Waals surface area (Å²) in [4.78, 5) is 22.9. The van der Waals surface area contributed by atoms with Crippen LogP contribution in [0.2, 0.25) is 0 Å². The topological polar surface area (TPSA) is 43.4 Å². The molecule has 0 aromatic carbocycles. The molecule has 3 heteroatoms. The smallest absolute Gasteiger partial charge is 0.306 e. The van der Waals surface area contributed by atoms with Gasteiger partial charge >= 0.3 is 5.97 Å². The van der Waals surface area contributed by atoms with E-state index in [1.807, 2.05) is 20.8 Å². The van der Waals surface area contributed by atoms with Gasteiger partial charge in [-0.15, -0.1) is 0 Å². The van der Waals surface area contributed by atoms with Crippen LogP contribution in [-0.4, -0.2) is 18.4 Å². The van der Waals surface area contributed by atoms with Crippen LogP contribution in [-0.2, 0) is 14.3 Å². The van der Waals surface area contributed by atoms with Gasteiger partial charge in [-0.2, -0.15) is 0 Å². The van der Waals surface area contributed by atoms with Crippen molar-refractivity contribution in [1.29, 1.82) is 0 Å². The van der Waals surface area contributed by atoms with Gasteiger partial charge in [0.2, 0.25) is 0 Å². The van der Waals surface area contributed by atoms with Crippen molar-refractivity contribution < 1.29 is 14.3 Å². The minimum Gasteiger partial charge on any atom is -0.466 e. The third kappa shape index (κ3) is 3.69. The predicted molar refractivity (Wildman–Crippen MR) is 66.6 cm³/mol. The Hall–Kier alpha value is -1.12. The van der Waals surface area contributed by atoms with Crippen molar-refractivity contribution in [3.8, 4) is 0 Å². The van der Waals surface area contributed by atoms with Gasteiger partial charge < -0.3 is 4.74 Å². The molecule has 0 N–H and O–H groups in total. The lowest BCUT2D eigenvalue weighted by atomic mass is 9.93. The van der Waals surface area contributed by atoms with E-state index in [2.05, 4.69) is 0 Å². The Balaban J connectivity index is 2.58. The Morgan fingerprint density at radius 1 is 1.29 bits per heavy atom. The summed E-state index contributed by atoms with van der Waals surface area (Å²) in [5, 5.41) is 0. The molecule has 17 heavy (non-hydrogen) atoms. The lowest BCUT2D eigenvalue weighted by Crippen LogP contribution is -2.08. The van der Waals surface area contributed by atoms with Crippen LogP contribution in [0.25, 0.3) is 0 Å². The Kier molecular flexibility index (Phi) is 5.39. The first-order valence-corrected chi connectivity index (χ1v) is 6.47. The summed E-state index contributed by atoms with van der Waals surface area (Å²) >= 11 is 0. The van der Waals surface area contributed by atoms with Gasteiger partial charge in [-0.05, 0) is 33.1 Å². The van der Waals surface area contributed by atoms with Crippen molar-refractivity contribution in [2.24, 2.45) is 5.92 Å². The Bertz CT molecular complexity index is 328. The highest BCUT2D eigenvalue weighted by Crippen LogP contribution is 2.34. The summed E-state index contributed by atoms with van der Waals surface area (Å²) < 4.78 is 4.90. The van der Waals surface area contributed by atoms with Crippen LogP contribution < -0.4 is 0 Å². The average molecular weight is 238 g/mol. The summed E-state index contributed by atoms with van der Waals surface area (Å²) in [7, 11) is 0. The fourth-order valence-electron chi connectivity index (χ4n) is 2.47. The van der Waals surface area contributed by atoms with Crippen LogP contribution in [0.4, 0.5) is 0 Å². The molecule has 0 saturated heterocycles. The molecule has 3 nitrogen and oxygen atoms in total. The van der Waals surface area contributed by atoms with Crippen LogP contribution >= 0.6 is 0 Å². The maximum absolute atomic E-state index is 11.6. The van der Waals surface area contributed by atoms with E-state index in [1.54, 1.807) is 0 Å². The van der Waals surface area contributed by atoms with Crippen LogP contribution in [0, 0.1) is 5.92 Å². The number of rotatable bonds is 5. The van der Waals surface area contributed by atoms with Crippen LogP contribution in [0.15, 0.2) is 11.1 Å². The highest BCUT2D eigenvalue weighted by atomic mass is 16.5. The molecule has 0 bridgehead atoms. The van der Waals surface area contributed by atoms with Gasteiger partial charge in [-0.3, -0.25) is 9.59 Å². The standard InChI is InChI=1S/C14H22O3/c1-4-11-12(7-8-13(11)15)10(3)6-9-14(16)17-5-2/h11H,4-9H2,1-3H3/b12-10-. The molecule has 0 aromatic rings. The molecule has 1 fully saturated rings. The first kappa shape index (κ1) is 13.9. The van der Waals surface area contributed by atoms with Crippen LogP contribution in [0.5, 0.6) is 0 Å². The number of hydrogen-bond acceptors (Lipinski definition) is 3. The molecule has 0 heterocycles. The van der Waals surface area contributed by atoms with Gasteiger partial charge in [0.15, 0.2) is 0 Å². The number of allylic oxidation sites excluding steroid dienone is 2. The Morgan fingerprint density at radius 2 is 2.00 bits per heavy atom. The van der Waals surface area contributed by atoms with E-state index in [0.29, 0.717) is 25.2 Å². The normalized spacial score (nSPS) is 22.8. The molecule has 1 saturated carbocycles. The molecule has 0 aromatic heterocycles. The number of Topliss-reactive ketones (excluding diaryl/α,β-unsaturated/α-hetero) is 1. The highest BCUT2D eigenvalue weighted by molar-refractivity contribution is 5.87. The third-order valence-electron chi connectivity index (χ3n) is 3.42. The second kappa shape index (κ2) is 6.58. The molecule has 1 aliphatic rings. The van der Waals surface area contributed by atoms with Crippen LogP contribution in [0.3, 0.4) is 0 Å². The number of carbonyl (C=O) groups excluding carboxylic acids is 2. The maximum Gasteiger partial charge on any atom is 0.306 e. The molecule has 96 valence electrons. The SMILES string of the molecule is CCOC(=O)CC/C(C)=C1/CCC(=O)C1CC. The number of esters is 1. The van der Waals surface area contributed by atoms with E-state index in [4.69, 9.17) is 4.74 Å². The quantitative estimate of drug-likeness (QED) is 0.546.